The van der Waals surface area contributed by atoms with Crippen molar-refractivity contribution in [2.75, 3.05) is 6.79 Å². The van der Waals surface area contributed by atoms with Gasteiger partial charge in [0.05, 0.1) is 10.9 Å². The van der Waals surface area contributed by atoms with Gasteiger partial charge in [-0.15, -0.1) is 0 Å². The molecule has 0 bridgehead atoms. The van der Waals surface area contributed by atoms with Crippen LogP contribution in [-0.2, 0) is 16.3 Å². The molecule has 0 radical (unpaired) electrons. The molecular weight excluding hydrogens is 530 g/mol. The lowest BCUT2D eigenvalue weighted by atomic mass is 10.0. The number of hydrogen-bond acceptors (Lipinski definition) is 8. The van der Waals surface area contributed by atoms with Gasteiger partial charge in [0.25, 0.3) is 5.56 Å². The zero-order valence-electron chi connectivity index (χ0n) is 22.6. The van der Waals surface area contributed by atoms with Gasteiger partial charge in [-0.25, -0.2) is 8.42 Å². The van der Waals surface area contributed by atoms with Gasteiger partial charge in [-0.1, -0.05) is 50.6 Å². The quantitative estimate of drug-likeness (QED) is 0.295. The molecule has 0 unspecified atom stereocenters. The van der Waals surface area contributed by atoms with E-state index in [4.69, 9.17) is 9.47 Å². The number of nitrogens with zero attached hydrogens (tertiary/aromatic N) is 3. The number of aromatic hydroxyl groups is 1. The van der Waals surface area contributed by atoms with Crippen LogP contribution < -0.4 is 15.0 Å². The Kier molecular flexibility index (Phi) is 7.62. The summed E-state index contributed by atoms with van der Waals surface area (Å²) in [7, 11) is -4.42. The second kappa shape index (κ2) is 11.1. The molecule has 0 spiro atoms. The number of pyridine rings is 1. The van der Waals surface area contributed by atoms with Crippen LogP contribution >= 0.6 is 0 Å². The summed E-state index contributed by atoms with van der Waals surface area (Å²) in [5.74, 6) is 0.770. The van der Waals surface area contributed by atoms with Crippen LogP contribution in [0.25, 0.3) is 11.1 Å². The summed E-state index contributed by atoms with van der Waals surface area (Å²) in [6.07, 6.45) is 4.08. The van der Waals surface area contributed by atoms with Crippen LogP contribution in [0.1, 0.15) is 56.2 Å². The van der Waals surface area contributed by atoms with Gasteiger partial charge < -0.3 is 14.6 Å². The predicted octanol–water partition coefficient (Wildman–Crippen LogP) is 5.22. The minimum Gasteiger partial charge on any atom is -0.493 e. The molecule has 1 aliphatic heterocycles. The van der Waals surface area contributed by atoms with E-state index >= 15 is 0 Å². The molecular formula is C30H31N3O6S. The third-order valence-electron chi connectivity index (χ3n) is 7.12. The third-order valence-corrected chi connectivity index (χ3v) is 8.91. The Balaban J connectivity index is 1.65. The zero-order chi connectivity index (χ0) is 28.4. The molecule has 2 aromatic heterocycles. The van der Waals surface area contributed by atoms with Crippen molar-refractivity contribution in [1.29, 1.82) is 0 Å². The number of sulfone groups is 1. The van der Waals surface area contributed by atoms with Crippen LogP contribution in [0, 0.1) is 6.92 Å². The number of ether oxygens (including phenoxy) is 2. The molecule has 1 aliphatic rings. The van der Waals surface area contributed by atoms with E-state index < -0.39 is 32.2 Å². The van der Waals surface area contributed by atoms with Crippen molar-refractivity contribution in [2.45, 2.75) is 62.3 Å². The summed E-state index contributed by atoms with van der Waals surface area (Å²) in [6, 6.07) is 14.8. The first-order valence-electron chi connectivity index (χ1n) is 13.3. The molecule has 9 nitrogen and oxygen atoms in total. The van der Waals surface area contributed by atoms with Gasteiger partial charge in [0.1, 0.15) is 5.82 Å². The molecule has 3 heterocycles. The SMILES string of the molecule is CCCCc1nc(=O)c(S(=O)(=O)c2ccc(-c3cccnc3C)cc2)c(O)n1[C@H](CC)c1cccc2c1OCO2. The number of fused-ring (bicyclic) bond motifs is 1. The Labute approximate surface area is 233 Å². The van der Waals surface area contributed by atoms with Gasteiger partial charge in [0.15, 0.2) is 16.4 Å². The highest BCUT2D eigenvalue weighted by Crippen LogP contribution is 2.43. The highest BCUT2D eigenvalue weighted by molar-refractivity contribution is 7.91. The lowest BCUT2D eigenvalue weighted by Crippen LogP contribution is -2.27. The van der Waals surface area contributed by atoms with Crippen molar-refractivity contribution in [1.82, 2.24) is 14.5 Å². The third kappa shape index (κ3) is 4.83. The molecule has 0 amide bonds. The van der Waals surface area contributed by atoms with Crippen molar-refractivity contribution in [3.63, 3.8) is 0 Å². The van der Waals surface area contributed by atoms with Crippen LogP contribution in [0.15, 0.2) is 75.4 Å². The number of rotatable bonds is 9. The summed E-state index contributed by atoms with van der Waals surface area (Å²) in [6.45, 7) is 5.85. The molecule has 208 valence electrons. The summed E-state index contributed by atoms with van der Waals surface area (Å²) in [4.78, 5) is 20.9. The van der Waals surface area contributed by atoms with E-state index in [2.05, 4.69) is 9.97 Å². The maximum absolute atomic E-state index is 13.8. The van der Waals surface area contributed by atoms with Gasteiger partial charge >= 0.3 is 0 Å². The zero-order valence-corrected chi connectivity index (χ0v) is 23.4. The predicted molar refractivity (Wildman–Crippen MR) is 150 cm³/mol. The van der Waals surface area contributed by atoms with Gasteiger partial charge in [-0.2, -0.15) is 4.98 Å². The summed E-state index contributed by atoms with van der Waals surface area (Å²) in [5, 5.41) is 11.6. The maximum atomic E-state index is 13.8. The Bertz CT molecular complexity index is 1710. The molecule has 4 aromatic rings. The van der Waals surface area contributed by atoms with E-state index in [0.29, 0.717) is 42.1 Å². The van der Waals surface area contributed by atoms with Gasteiger partial charge in [-0.05, 0) is 49.6 Å². The van der Waals surface area contributed by atoms with Crippen molar-refractivity contribution < 1.29 is 23.0 Å². The molecule has 5 rings (SSSR count). The monoisotopic (exact) mass is 561 g/mol. The number of hydrogen-bond donors (Lipinski definition) is 1. The van der Waals surface area contributed by atoms with E-state index in [1.54, 1.807) is 24.4 Å². The molecule has 0 saturated carbocycles. The van der Waals surface area contributed by atoms with Crippen molar-refractivity contribution in [3.05, 3.63) is 88.2 Å². The Morgan fingerprint density at radius 1 is 1.05 bits per heavy atom. The molecule has 0 fully saturated rings. The standard InChI is InChI=1S/C30H31N3O6S/c1-4-6-12-26-32-29(34)28(30(35)33(26)24(5-2)23-9-7-11-25-27(23)39-18-38-25)40(36,37)21-15-13-20(14-16-21)22-10-8-17-31-19(22)3/h7-11,13-17,24,35H,4-6,12,18H2,1-3H3/t24-/m1/s1. The number of unbranched alkanes of at least 4 members (excludes halogenated alkanes) is 1. The second-order valence-corrected chi connectivity index (χ2v) is 11.5. The topological polar surface area (TPSA) is 121 Å². The highest BCUT2D eigenvalue weighted by Gasteiger charge is 2.33. The van der Waals surface area contributed by atoms with E-state index in [9.17, 15) is 18.3 Å². The van der Waals surface area contributed by atoms with E-state index in [1.807, 2.05) is 45.0 Å². The first-order valence-corrected chi connectivity index (χ1v) is 14.8. The fourth-order valence-corrected chi connectivity index (χ4v) is 6.44. The molecule has 40 heavy (non-hydrogen) atoms. The Morgan fingerprint density at radius 3 is 2.52 bits per heavy atom. The molecule has 0 aliphatic carbocycles. The average molecular weight is 562 g/mol. The lowest BCUT2D eigenvalue weighted by Gasteiger charge is -2.26. The summed E-state index contributed by atoms with van der Waals surface area (Å²) >= 11 is 0. The molecule has 1 atom stereocenters. The van der Waals surface area contributed by atoms with E-state index in [1.165, 1.54) is 16.7 Å². The first kappa shape index (κ1) is 27.4. The fraction of sp³-hybridized carbons (Fsp3) is 0.300. The van der Waals surface area contributed by atoms with E-state index in [-0.39, 0.29) is 11.7 Å². The fourth-order valence-electron chi connectivity index (χ4n) is 5.10. The number of aromatic nitrogens is 3. The van der Waals surface area contributed by atoms with Gasteiger partial charge in [0, 0.05) is 29.4 Å². The van der Waals surface area contributed by atoms with Crippen LogP contribution in [0.2, 0.25) is 0 Å². The first-order chi connectivity index (χ1) is 19.3. The number of aryl methyl sites for hydroxylation is 2. The van der Waals surface area contributed by atoms with Gasteiger partial charge in [0.2, 0.25) is 22.5 Å². The molecule has 10 heteroatoms. The van der Waals surface area contributed by atoms with Crippen LogP contribution in [0.5, 0.6) is 17.4 Å². The molecule has 2 aromatic carbocycles. The highest BCUT2D eigenvalue weighted by atomic mass is 32.2. The second-order valence-electron chi connectivity index (χ2n) is 9.63. The van der Waals surface area contributed by atoms with Crippen LogP contribution in [0.4, 0.5) is 0 Å². The maximum Gasteiger partial charge on any atom is 0.296 e. The van der Waals surface area contributed by atoms with Crippen molar-refractivity contribution >= 4 is 9.84 Å². The normalized spacial score (nSPS) is 13.4. The average Bonchev–Trinajstić information content (AvgIpc) is 3.43. The van der Waals surface area contributed by atoms with Crippen molar-refractivity contribution in [3.8, 4) is 28.5 Å². The minimum atomic E-state index is -4.42. The Morgan fingerprint density at radius 2 is 1.82 bits per heavy atom. The van der Waals surface area contributed by atoms with E-state index in [0.717, 1.165) is 23.2 Å². The molecule has 0 saturated heterocycles. The minimum absolute atomic E-state index is 0.0636. The Hall–Kier alpha value is -4.18. The smallest absolute Gasteiger partial charge is 0.296 e. The van der Waals surface area contributed by atoms with Crippen molar-refractivity contribution in [2.24, 2.45) is 0 Å². The van der Waals surface area contributed by atoms with Crippen LogP contribution in [0.3, 0.4) is 0 Å². The molecule has 1 N–H and O–H groups in total. The lowest BCUT2D eigenvalue weighted by molar-refractivity contribution is 0.172. The number of benzene rings is 2. The summed E-state index contributed by atoms with van der Waals surface area (Å²) < 4.78 is 40.4. The largest absolute Gasteiger partial charge is 0.493 e. The summed E-state index contributed by atoms with van der Waals surface area (Å²) in [5.41, 5.74) is 2.17. The number of para-hydroxylation sites is 1. The van der Waals surface area contributed by atoms with Gasteiger partial charge in [-0.3, -0.25) is 14.3 Å². The van der Waals surface area contributed by atoms with Crippen LogP contribution in [-0.4, -0.2) is 34.9 Å².